The minimum absolute atomic E-state index is 0.318. The second kappa shape index (κ2) is 7.05. The normalized spacial score (nSPS) is 16.9. The van der Waals surface area contributed by atoms with E-state index in [0.29, 0.717) is 12.2 Å². The molecular weight excluding hydrogens is 242 g/mol. The maximum absolute atomic E-state index is 11.9. The molecule has 2 nitrogen and oxygen atoms in total. The molecule has 0 atom stereocenters. The van der Waals surface area contributed by atoms with Crippen molar-refractivity contribution in [1.29, 1.82) is 0 Å². The van der Waals surface area contributed by atoms with Gasteiger partial charge >= 0.3 is 0 Å². The van der Waals surface area contributed by atoms with Gasteiger partial charge in [0.15, 0.2) is 5.78 Å². The van der Waals surface area contributed by atoms with Gasteiger partial charge in [0.05, 0.1) is 0 Å². The summed E-state index contributed by atoms with van der Waals surface area (Å²) < 4.78 is 0. The molecule has 0 N–H and O–H groups in total. The van der Waals surface area contributed by atoms with E-state index >= 15 is 0 Å². The van der Waals surface area contributed by atoms with E-state index < -0.39 is 0 Å². The monoisotopic (exact) mass is 265 g/mol. The van der Waals surface area contributed by atoms with Crippen LogP contribution in [-0.4, -0.2) is 30.3 Å². The topological polar surface area (TPSA) is 20.3 Å². The number of hydrogen-bond acceptors (Lipinski definition) is 3. The number of unbranched alkanes of at least 4 members (excludes halogenated alkanes) is 1. The van der Waals surface area contributed by atoms with Crippen molar-refractivity contribution in [3.8, 4) is 0 Å². The maximum Gasteiger partial charge on any atom is 0.163 e. The lowest BCUT2D eigenvalue weighted by Crippen LogP contribution is -2.30. The molecule has 2 heterocycles. The zero-order valence-corrected chi connectivity index (χ0v) is 12.1. The summed E-state index contributed by atoms with van der Waals surface area (Å²) >= 11 is 1.67. The Morgan fingerprint density at radius 3 is 2.72 bits per heavy atom. The van der Waals surface area contributed by atoms with E-state index in [9.17, 15) is 4.79 Å². The van der Waals surface area contributed by atoms with Crippen LogP contribution in [0.4, 0.5) is 0 Å². The fourth-order valence-corrected chi connectivity index (χ4v) is 3.25. The molecule has 1 aliphatic rings. The zero-order valence-electron chi connectivity index (χ0n) is 11.3. The highest BCUT2D eigenvalue weighted by Gasteiger charge is 2.10. The molecule has 0 aliphatic carbocycles. The quantitative estimate of drug-likeness (QED) is 0.574. The average molecular weight is 265 g/mol. The molecule has 3 heteroatoms. The molecule has 0 saturated carbocycles. The predicted molar refractivity (Wildman–Crippen MR) is 77.5 cm³/mol. The number of carbonyl (C=O) groups is 1. The lowest BCUT2D eigenvalue weighted by Gasteiger charge is -2.26. The predicted octanol–water partition coefficient (Wildman–Crippen LogP) is 3.90. The van der Waals surface area contributed by atoms with E-state index in [0.717, 1.165) is 18.4 Å². The lowest BCUT2D eigenvalue weighted by atomic mass is 10.1. The third-order valence-corrected chi connectivity index (χ3v) is 4.49. The van der Waals surface area contributed by atoms with Gasteiger partial charge in [-0.2, -0.15) is 0 Å². The van der Waals surface area contributed by atoms with Gasteiger partial charge in [-0.25, -0.2) is 0 Å². The summed E-state index contributed by atoms with van der Waals surface area (Å²) in [7, 11) is 0. The van der Waals surface area contributed by atoms with Crippen molar-refractivity contribution in [2.24, 2.45) is 0 Å². The highest BCUT2D eigenvalue weighted by molar-refractivity contribution is 7.10. The van der Waals surface area contributed by atoms with Crippen molar-refractivity contribution in [3.05, 3.63) is 21.9 Å². The molecule has 2 rings (SSSR count). The Labute approximate surface area is 114 Å². The van der Waals surface area contributed by atoms with Gasteiger partial charge in [0, 0.05) is 22.2 Å². The highest BCUT2D eigenvalue weighted by atomic mass is 32.1. The largest absolute Gasteiger partial charge is 0.303 e. The summed E-state index contributed by atoms with van der Waals surface area (Å²) in [5.74, 6) is 0.318. The SMILES string of the molecule is Cc1cc(C(=O)CCCCN2CCCCC2)cs1. The average Bonchev–Trinajstić information content (AvgIpc) is 2.82. The van der Waals surface area contributed by atoms with Crippen LogP contribution >= 0.6 is 11.3 Å². The van der Waals surface area contributed by atoms with Gasteiger partial charge in [0.2, 0.25) is 0 Å². The van der Waals surface area contributed by atoms with Crippen molar-refractivity contribution in [3.63, 3.8) is 0 Å². The molecule has 0 spiro atoms. The number of rotatable bonds is 6. The summed E-state index contributed by atoms with van der Waals surface area (Å²) in [6.45, 7) is 5.75. The van der Waals surface area contributed by atoms with E-state index in [1.165, 1.54) is 43.8 Å². The van der Waals surface area contributed by atoms with Gasteiger partial charge in [-0.1, -0.05) is 6.42 Å². The first-order chi connectivity index (χ1) is 8.75. The van der Waals surface area contributed by atoms with Crippen molar-refractivity contribution in [1.82, 2.24) is 4.90 Å². The van der Waals surface area contributed by atoms with Crippen LogP contribution in [0.3, 0.4) is 0 Å². The van der Waals surface area contributed by atoms with E-state index in [1.54, 1.807) is 11.3 Å². The Hall–Kier alpha value is -0.670. The Balaban J connectivity index is 1.61. The maximum atomic E-state index is 11.9. The van der Waals surface area contributed by atoms with E-state index in [4.69, 9.17) is 0 Å². The number of carbonyl (C=O) groups excluding carboxylic acids is 1. The van der Waals surface area contributed by atoms with Crippen LogP contribution in [0.15, 0.2) is 11.4 Å². The fraction of sp³-hybridized carbons (Fsp3) is 0.667. The summed E-state index contributed by atoms with van der Waals surface area (Å²) in [6.07, 6.45) is 7.01. The van der Waals surface area contributed by atoms with Gasteiger partial charge < -0.3 is 4.90 Å². The molecule has 1 fully saturated rings. The molecule has 0 amide bonds. The van der Waals surface area contributed by atoms with Crippen LogP contribution in [-0.2, 0) is 0 Å². The van der Waals surface area contributed by atoms with Gasteiger partial charge in [0.25, 0.3) is 0 Å². The Morgan fingerprint density at radius 1 is 1.28 bits per heavy atom. The molecule has 18 heavy (non-hydrogen) atoms. The highest BCUT2D eigenvalue weighted by Crippen LogP contribution is 2.16. The summed E-state index contributed by atoms with van der Waals surface area (Å²) in [4.78, 5) is 15.7. The molecule has 0 radical (unpaired) electrons. The second-order valence-corrected chi connectivity index (χ2v) is 6.34. The van der Waals surface area contributed by atoms with E-state index in [1.807, 2.05) is 11.4 Å². The number of thiophene rings is 1. The molecule has 0 unspecified atom stereocenters. The minimum Gasteiger partial charge on any atom is -0.303 e. The first-order valence-corrected chi connectivity index (χ1v) is 7.94. The van der Waals surface area contributed by atoms with Crippen molar-refractivity contribution in [2.45, 2.75) is 45.4 Å². The van der Waals surface area contributed by atoms with E-state index in [2.05, 4.69) is 11.8 Å². The molecule has 1 aromatic heterocycles. The van der Waals surface area contributed by atoms with Crippen LogP contribution in [0.2, 0.25) is 0 Å². The molecule has 100 valence electrons. The number of nitrogens with zero attached hydrogens (tertiary/aromatic N) is 1. The number of Topliss-reactive ketones (excluding diaryl/α,β-unsaturated/α-hetero) is 1. The van der Waals surface area contributed by atoms with Gasteiger partial charge in [-0.05, 0) is 58.3 Å². The van der Waals surface area contributed by atoms with Crippen LogP contribution in [0, 0.1) is 6.92 Å². The molecule has 1 saturated heterocycles. The van der Waals surface area contributed by atoms with Crippen molar-refractivity contribution >= 4 is 17.1 Å². The third-order valence-electron chi connectivity index (χ3n) is 3.63. The Bertz CT molecular complexity index is 380. The van der Waals surface area contributed by atoms with E-state index in [-0.39, 0.29) is 0 Å². The minimum atomic E-state index is 0.318. The lowest BCUT2D eigenvalue weighted by molar-refractivity contribution is 0.0977. The molecule has 0 aromatic carbocycles. The number of piperidine rings is 1. The molecular formula is C15H23NOS. The van der Waals surface area contributed by atoms with Crippen LogP contribution in [0.5, 0.6) is 0 Å². The number of ketones is 1. The van der Waals surface area contributed by atoms with Crippen molar-refractivity contribution < 1.29 is 4.79 Å². The van der Waals surface area contributed by atoms with Crippen LogP contribution in [0.1, 0.15) is 53.8 Å². The van der Waals surface area contributed by atoms with Gasteiger partial charge in [-0.15, -0.1) is 11.3 Å². The Kier molecular flexibility index (Phi) is 5.39. The molecule has 1 aliphatic heterocycles. The number of likely N-dealkylation sites (tertiary alicyclic amines) is 1. The Morgan fingerprint density at radius 2 is 2.06 bits per heavy atom. The number of aryl methyl sites for hydroxylation is 1. The second-order valence-electron chi connectivity index (χ2n) is 5.23. The van der Waals surface area contributed by atoms with Crippen LogP contribution in [0.25, 0.3) is 0 Å². The van der Waals surface area contributed by atoms with Gasteiger partial charge in [-0.3, -0.25) is 4.79 Å². The first kappa shape index (κ1) is 13.8. The van der Waals surface area contributed by atoms with Crippen LogP contribution < -0.4 is 0 Å². The zero-order chi connectivity index (χ0) is 12.8. The smallest absolute Gasteiger partial charge is 0.163 e. The first-order valence-electron chi connectivity index (χ1n) is 7.06. The van der Waals surface area contributed by atoms with Crippen molar-refractivity contribution in [2.75, 3.05) is 19.6 Å². The summed E-state index contributed by atoms with van der Waals surface area (Å²) in [5.41, 5.74) is 0.912. The fourth-order valence-electron chi connectivity index (χ4n) is 2.54. The molecule has 1 aromatic rings. The number of hydrogen-bond donors (Lipinski definition) is 0. The standard InChI is InChI=1S/C15H23NOS/c1-13-11-14(12-18-13)15(17)7-3-6-10-16-8-4-2-5-9-16/h11-12H,2-10H2,1H3. The van der Waals surface area contributed by atoms with Gasteiger partial charge in [0.1, 0.15) is 0 Å². The summed E-state index contributed by atoms with van der Waals surface area (Å²) in [5, 5.41) is 1.99. The molecule has 0 bridgehead atoms. The third kappa shape index (κ3) is 4.21. The summed E-state index contributed by atoms with van der Waals surface area (Å²) in [6, 6.07) is 2.01.